The number of hydrogen-bond acceptors (Lipinski definition) is 3. The van der Waals surface area contributed by atoms with Crippen LogP contribution in [0, 0.1) is 11.8 Å². The fraction of sp³-hybridized carbons (Fsp3) is 0.357. The van der Waals surface area contributed by atoms with E-state index in [2.05, 4.69) is 29.3 Å². The van der Waals surface area contributed by atoms with Crippen LogP contribution in [-0.4, -0.2) is 42.9 Å². The van der Waals surface area contributed by atoms with Crippen LogP contribution in [0.2, 0.25) is 0 Å². The zero-order chi connectivity index (χ0) is 22.8. The maximum absolute atomic E-state index is 13.2. The van der Waals surface area contributed by atoms with Crippen molar-refractivity contribution in [3.63, 3.8) is 0 Å². The third-order valence-corrected chi connectivity index (χ3v) is 7.10. The summed E-state index contributed by atoms with van der Waals surface area (Å²) in [6.07, 6.45) is 2.61. The van der Waals surface area contributed by atoms with Crippen LogP contribution in [0.4, 0.5) is 11.4 Å². The molecule has 5 rings (SSSR count). The molecule has 0 aromatic heterocycles. The predicted molar refractivity (Wildman–Crippen MR) is 134 cm³/mol. The van der Waals surface area contributed by atoms with Crippen LogP contribution in [0.3, 0.4) is 0 Å². The first-order chi connectivity index (χ1) is 16.1. The lowest BCUT2D eigenvalue weighted by Crippen LogP contribution is -2.41. The van der Waals surface area contributed by atoms with Crippen molar-refractivity contribution >= 4 is 34.0 Å². The van der Waals surface area contributed by atoms with Gasteiger partial charge in [0.2, 0.25) is 5.91 Å². The Morgan fingerprint density at radius 2 is 1.58 bits per heavy atom. The lowest BCUT2D eigenvalue weighted by Gasteiger charge is -2.31. The van der Waals surface area contributed by atoms with Gasteiger partial charge in [0.25, 0.3) is 5.91 Å². The van der Waals surface area contributed by atoms with Crippen molar-refractivity contribution in [2.24, 2.45) is 11.8 Å². The molecule has 2 aliphatic rings. The van der Waals surface area contributed by atoms with Gasteiger partial charge in [-0.05, 0) is 66.3 Å². The van der Waals surface area contributed by atoms with Gasteiger partial charge in [0, 0.05) is 49.0 Å². The highest BCUT2D eigenvalue weighted by molar-refractivity contribution is 6.07. The van der Waals surface area contributed by atoms with Gasteiger partial charge in [0.1, 0.15) is 0 Å². The second-order valence-corrected chi connectivity index (χ2v) is 9.47. The van der Waals surface area contributed by atoms with Gasteiger partial charge in [-0.3, -0.25) is 9.59 Å². The zero-order valence-electron chi connectivity index (χ0n) is 19.2. The van der Waals surface area contributed by atoms with Crippen LogP contribution in [0.1, 0.15) is 36.5 Å². The van der Waals surface area contributed by atoms with E-state index < -0.39 is 0 Å². The van der Waals surface area contributed by atoms with Crippen molar-refractivity contribution in [3.05, 3.63) is 72.3 Å². The molecule has 33 heavy (non-hydrogen) atoms. The van der Waals surface area contributed by atoms with Crippen molar-refractivity contribution in [2.75, 3.05) is 36.4 Å². The first kappa shape index (κ1) is 21.5. The highest BCUT2D eigenvalue weighted by Gasteiger charge is 2.28. The van der Waals surface area contributed by atoms with Crippen LogP contribution in [0.5, 0.6) is 0 Å². The third kappa shape index (κ3) is 4.58. The molecule has 0 radical (unpaired) electrons. The number of piperidine rings is 1. The van der Waals surface area contributed by atoms with E-state index in [1.165, 1.54) is 12.1 Å². The molecule has 0 bridgehead atoms. The summed E-state index contributed by atoms with van der Waals surface area (Å²) < 4.78 is 0. The smallest absolute Gasteiger partial charge is 0.254 e. The number of nitrogens with one attached hydrogen (secondary N) is 1. The van der Waals surface area contributed by atoms with Crippen molar-refractivity contribution in [3.8, 4) is 0 Å². The summed E-state index contributed by atoms with van der Waals surface area (Å²) in [6.45, 7) is 5.69. The number of anilines is 2. The quantitative estimate of drug-likeness (QED) is 0.607. The number of carbonyl (C=O) groups is 2. The number of nitrogens with zero attached hydrogens (tertiary/aromatic N) is 2. The molecule has 3 aromatic rings. The standard InChI is InChI=1S/C28H31N3O2/c1-20-13-16-31(19-20)24-11-9-23(10-12-24)29-27(32)22-14-17-30(18-15-22)28(33)26-8-4-6-21-5-2-3-7-25(21)26/h2-12,20,22H,13-19H2,1H3,(H,29,32). The molecule has 2 saturated heterocycles. The molecule has 2 amide bonds. The minimum absolute atomic E-state index is 0.0507. The topological polar surface area (TPSA) is 52.7 Å². The molecular weight excluding hydrogens is 410 g/mol. The summed E-state index contributed by atoms with van der Waals surface area (Å²) in [6, 6.07) is 22.0. The van der Waals surface area contributed by atoms with Crippen LogP contribution in [0.25, 0.3) is 10.8 Å². The van der Waals surface area contributed by atoms with Crippen LogP contribution in [0.15, 0.2) is 66.7 Å². The van der Waals surface area contributed by atoms with E-state index in [0.717, 1.165) is 41.0 Å². The number of benzene rings is 3. The third-order valence-electron chi connectivity index (χ3n) is 7.10. The molecule has 1 N–H and O–H groups in total. The molecule has 1 atom stereocenters. The molecule has 2 heterocycles. The molecule has 0 spiro atoms. The van der Waals surface area contributed by atoms with E-state index >= 15 is 0 Å². The summed E-state index contributed by atoms with van der Waals surface area (Å²) in [5.74, 6) is 0.774. The molecule has 0 aliphatic carbocycles. The Bertz CT molecular complexity index is 1140. The summed E-state index contributed by atoms with van der Waals surface area (Å²) in [5.41, 5.74) is 2.80. The van der Waals surface area contributed by atoms with E-state index in [1.54, 1.807) is 0 Å². The Balaban J connectivity index is 1.17. The first-order valence-electron chi connectivity index (χ1n) is 12.0. The molecule has 5 heteroatoms. The van der Waals surface area contributed by atoms with Gasteiger partial charge in [-0.1, -0.05) is 43.3 Å². The van der Waals surface area contributed by atoms with E-state index in [0.29, 0.717) is 25.9 Å². The van der Waals surface area contributed by atoms with Gasteiger partial charge >= 0.3 is 0 Å². The normalized spacial score (nSPS) is 19.1. The number of amides is 2. The average Bonchev–Trinajstić information content (AvgIpc) is 3.30. The molecule has 2 aliphatic heterocycles. The minimum atomic E-state index is -0.0688. The van der Waals surface area contributed by atoms with Crippen molar-refractivity contribution in [1.29, 1.82) is 0 Å². The second kappa shape index (κ2) is 9.26. The molecule has 5 nitrogen and oxygen atoms in total. The molecule has 3 aromatic carbocycles. The van der Waals surface area contributed by atoms with E-state index in [9.17, 15) is 9.59 Å². The fourth-order valence-electron chi connectivity index (χ4n) is 5.10. The highest BCUT2D eigenvalue weighted by Crippen LogP contribution is 2.27. The van der Waals surface area contributed by atoms with Crippen LogP contribution >= 0.6 is 0 Å². The van der Waals surface area contributed by atoms with Gasteiger partial charge in [-0.25, -0.2) is 0 Å². The van der Waals surface area contributed by atoms with Gasteiger partial charge in [0.05, 0.1) is 0 Å². The SMILES string of the molecule is CC1CCN(c2ccc(NC(=O)C3CCN(C(=O)c4cccc5ccccc45)CC3)cc2)C1. The number of likely N-dealkylation sites (tertiary alicyclic amines) is 1. The number of fused-ring (bicyclic) bond motifs is 1. The average molecular weight is 442 g/mol. The van der Waals surface area contributed by atoms with E-state index in [1.807, 2.05) is 59.5 Å². The highest BCUT2D eigenvalue weighted by atomic mass is 16.2. The Morgan fingerprint density at radius 1 is 0.848 bits per heavy atom. The maximum atomic E-state index is 13.2. The van der Waals surface area contributed by atoms with Crippen molar-refractivity contribution < 1.29 is 9.59 Å². The zero-order valence-corrected chi connectivity index (χ0v) is 19.2. The monoisotopic (exact) mass is 441 g/mol. The number of rotatable bonds is 4. The molecule has 2 fully saturated rings. The van der Waals surface area contributed by atoms with Gasteiger partial charge in [-0.15, -0.1) is 0 Å². The van der Waals surface area contributed by atoms with Gasteiger partial charge < -0.3 is 15.1 Å². The minimum Gasteiger partial charge on any atom is -0.371 e. The van der Waals surface area contributed by atoms with Crippen LogP contribution in [-0.2, 0) is 4.79 Å². The largest absolute Gasteiger partial charge is 0.371 e. The summed E-state index contributed by atoms with van der Waals surface area (Å²) in [4.78, 5) is 30.3. The first-order valence-corrected chi connectivity index (χ1v) is 12.0. The van der Waals surface area contributed by atoms with Gasteiger partial charge in [0.15, 0.2) is 0 Å². The molecule has 170 valence electrons. The van der Waals surface area contributed by atoms with E-state index in [4.69, 9.17) is 0 Å². The molecule has 0 saturated carbocycles. The Hall–Kier alpha value is -3.34. The van der Waals surface area contributed by atoms with Crippen LogP contribution < -0.4 is 10.2 Å². The summed E-state index contributed by atoms with van der Waals surface area (Å²) in [7, 11) is 0. The van der Waals surface area contributed by atoms with Crippen molar-refractivity contribution in [1.82, 2.24) is 4.90 Å². The summed E-state index contributed by atoms with van der Waals surface area (Å²) >= 11 is 0. The number of hydrogen-bond donors (Lipinski definition) is 1. The number of carbonyl (C=O) groups excluding carboxylic acids is 2. The van der Waals surface area contributed by atoms with Gasteiger partial charge in [-0.2, -0.15) is 0 Å². The lowest BCUT2D eigenvalue weighted by molar-refractivity contribution is -0.121. The maximum Gasteiger partial charge on any atom is 0.254 e. The Kier molecular flexibility index (Phi) is 6.03. The Labute approximate surface area is 195 Å². The molecule has 1 unspecified atom stereocenters. The van der Waals surface area contributed by atoms with E-state index in [-0.39, 0.29) is 17.7 Å². The molecular formula is C28H31N3O2. The lowest BCUT2D eigenvalue weighted by atomic mass is 9.94. The summed E-state index contributed by atoms with van der Waals surface area (Å²) in [5, 5.41) is 5.13. The van der Waals surface area contributed by atoms with Crippen molar-refractivity contribution in [2.45, 2.75) is 26.2 Å². The Morgan fingerprint density at radius 3 is 2.30 bits per heavy atom. The predicted octanol–water partition coefficient (Wildman–Crippen LogP) is 5.18. The fourth-order valence-corrected chi connectivity index (χ4v) is 5.10. The second-order valence-electron chi connectivity index (χ2n) is 9.47.